The summed E-state index contributed by atoms with van der Waals surface area (Å²) in [6.07, 6.45) is 0. The number of aromatic nitrogens is 2. The Hall–Kier alpha value is -2.18. The van der Waals surface area contributed by atoms with Crippen molar-refractivity contribution in [3.63, 3.8) is 0 Å². The van der Waals surface area contributed by atoms with Crippen LogP contribution in [0.2, 0.25) is 0 Å². The zero-order valence-electron chi connectivity index (χ0n) is 14.8. The van der Waals surface area contributed by atoms with Crippen LogP contribution in [0.25, 0.3) is 15.9 Å². The second-order valence-corrected chi connectivity index (χ2v) is 7.79. The quantitative estimate of drug-likeness (QED) is 0.710. The van der Waals surface area contributed by atoms with E-state index in [1.807, 2.05) is 22.6 Å². The Morgan fingerprint density at radius 2 is 1.76 bits per heavy atom. The van der Waals surface area contributed by atoms with Crippen molar-refractivity contribution in [3.05, 3.63) is 46.5 Å². The predicted molar refractivity (Wildman–Crippen MR) is 102 cm³/mol. The maximum absolute atomic E-state index is 12.9. The molecule has 1 aromatic carbocycles. The largest absolute Gasteiger partial charge is 0.335 e. The summed E-state index contributed by atoms with van der Waals surface area (Å²) in [4.78, 5) is 18.9. The molecule has 1 saturated heterocycles. The van der Waals surface area contributed by atoms with Gasteiger partial charge in [0.1, 0.15) is 4.83 Å². The Morgan fingerprint density at radius 1 is 1.08 bits per heavy atom. The topological polar surface area (TPSA) is 41.4 Å². The van der Waals surface area contributed by atoms with Gasteiger partial charge in [0.25, 0.3) is 5.91 Å². The Kier molecular flexibility index (Phi) is 4.09. The van der Waals surface area contributed by atoms with Crippen molar-refractivity contribution < 1.29 is 4.79 Å². The minimum Gasteiger partial charge on any atom is -0.335 e. The molecule has 1 fully saturated rings. The molecular weight excluding hydrogens is 332 g/mol. The third-order valence-corrected chi connectivity index (χ3v) is 5.92. The zero-order chi connectivity index (χ0) is 17.6. The highest BCUT2D eigenvalue weighted by molar-refractivity contribution is 7.20. The summed E-state index contributed by atoms with van der Waals surface area (Å²) >= 11 is 1.54. The first-order chi connectivity index (χ1) is 12.0. The van der Waals surface area contributed by atoms with E-state index in [1.165, 1.54) is 5.56 Å². The van der Waals surface area contributed by atoms with Crippen molar-refractivity contribution in [1.29, 1.82) is 0 Å². The van der Waals surface area contributed by atoms with Crippen molar-refractivity contribution in [3.8, 4) is 5.69 Å². The van der Waals surface area contributed by atoms with Gasteiger partial charge >= 0.3 is 0 Å². The van der Waals surface area contributed by atoms with Crippen LogP contribution in [0.15, 0.2) is 30.3 Å². The first-order valence-electron chi connectivity index (χ1n) is 8.57. The van der Waals surface area contributed by atoms with Crippen LogP contribution >= 0.6 is 11.3 Å². The lowest BCUT2D eigenvalue weighted by atomic mass is 10.2. The number of nitrogens with zero attached hydrogens (tertiary/aromatic N) is 4. The summed E-state index contributed by atoms with van der Waals surface area (Å²) in [5, 5.41) is 5.74. The minimum absolute atomic E-state index is 0.143. The number of likely N-dealkylation sites (N-methyl/N-ethyl adjacent to an activating group) is 1. The number of aryl methyl sites for hydroxylation is 2. The molecule has 130 valence electrons. The van der Waals surface area contributed by atoms with Crippen LogP contribution in [-0.2, 0) is 0 Å². The summed E-state index contributed by atoms with van der Waals surface area (Å²) in [5.74, 6) is 0.143. The maximum atomic E-state index is 12.9. The van der Waals surface area contributed by atoms with Crippen LogP contribution in [0.5, 0.6) is 0 Å². The molecular formula is C19H22N4OS. The van der Waals surface area contributed by atoms with Gasteiger partial charge in [-0.15, -0.1) is 11.3 Å². The average molecular weight is 354 g/mol. The second-order valence-electron chi connectivity index (χ2n) is 6.76. The number of thiophene rings is 1. The highest BCUT2D eigenvalue weighted by Crippen LogP contribution is 2.31. The molecule has 4 rings (SSSR count). The number of hydrogen-bond acceptors (Lipinski definition) is 4. The van der Waals surface area contributed by atoms with Crippen LogP contribution < -0.4 is 0 Å². The van der Waals surface area contributed by atoms with Gasteiger partial charge < -0.3 is 9.80 Å². The third-order valence-electron chi connectivity index (χ3n) is 4.82. The van der Waals surface area contributed by atoms with Gasteiger partial charge in [-0.05, 0) is 39.1 Å². The van der Waals surface area contributed by atoms with E-state index in [-0.39, 0.29) is 5.91 Å². The fourth-order valence-corrected chi connectivity index (χ4v) is 4.33. The lowest BCUT2D eigenvalue weighted by Crippen LogP contribution is -2.46. The predicted octanol–water partition coefficient (Wildman–Crippen LogP) is 3.09. The summed E-state index contributed by atoms with van der Waals surface area (Å²) in [6, 6.07) is 10.3. The van der Waals surface area contributed by atoms with Gasteiger partial charge in [-0.1, -0.05) is 17.7 Å². The molecule has 0 unspecified atom stereocenters. The number of carbonyl (C=O) groups is 1. The molecule has 0 bridgehead atoms. The molecule has 0 radical (unpaired) electrons. The van der Waals surface area contributed by atoms with Crippen LogP contribution in [0, 0.1) is 13.8 Å². The number of rotatable bonds is 2. The lowest BCUT2D eigenvalue weighted by molar-refractivity contribution is 0.0669. The molecule has 6 heteroatoms. The number of amides is 1. The van der Waals surface area contributed by atoms with E-state index >= 15 is 0 Å². The first-order valence-corrected chi connectivity index (χ1v) is 9.38. The van der Waals surface area contributed by atoms with E-state index in [4.69, 9.17) is 0 Å². The van der Waals surface area contributed by atoms with E-state index in [0.29, 0.717) is 0 Å². The number of piperazine rings is 1. The molecule has 0 aliphatic carbocycles. The Morgan fingerprint density at radius 3 is 2.44 bits per heavy atom. The number of hydrogen-bond donors (Lipinski definition) is 0. The van der Waals surface area contributed by atoms with Crippen LogP contribution in [0.1, 0.15) is 20.9 Å². The summed E-state index contributed by atoms with van der Waals surface area (Å²) in [5.41, 5.74) is 3.22. The average Bonchev–Trinajstić information content (AvgIpc) is 3.17. The molecule has 0 saturated carbocycles. The van der Waals surface area contributed by atoms with Gasteiger partial charge in [-0.3, -0.25) is 4.79 Å². The monoisotopic (exact) mass is 354 g/mol. The molecule has 0 atom stereocenters. The molecule has 1 aliphatic heterocycles. The Labute approximate surface area is 151 Å². The maximum Gasteiger partial charge on any atom is 0.264 e. The molecule has 5 nitrogen and oxygen atoms in total. The SMILES string of the molecule is Cc1ccc(-n2nc(C)c3cc(C(=O)N4CCN(C)CC4)sc32)cc1. The fraction of sp³-hybridized carbons (Fsp3) is 0.368. The lowest BCUT2D eigenvalue weighted by Gasteiger charge is -2.32. The Bertz CT molecular complexity index is 917. The van der Waals surface area contributed by atoms with E-state index in [0.717, 1.165) is 52.7 Å². The highest BCUT2D eigenvalue weighted by atomic mass is 32.1. The molecule has 1 amide bonds. The van der Waals surface area contributed by atoms with Gasteiger partial charge in [0, 0.05) is 31.6 Å². The molecule has 3 heterocycles. The molecule has 1 aliphatic rings. The zero-order valence-corrected chi connectivity index (χ0v) is 15.6. The highest BCUT2D eigenvalue weighted by Gasteiger charge is 2.23. The van der Waals surface area contributed by atoms with Crippen molar-refractivity contribution >= 4 is 27.5 Å². The Balaban J connectivity index is 1.69. The van der Waals surface area contributed by atoms with Gasteiger partial charge in [0.15, 0.2) is 0 Å². The summed E-state index contributed by atoms with van der Waals surface area (Å²) in [6.45, 7) is 7.55. The smallest absolute Gasteiger partial charge is 0.264 e. The number of carbonyl (C=O) groups excluding carboxylic acids is 1. The van der Waals surface area contributed by atoms with E-state index in [2.05, 4.69) is 48.2 Å². The molecule has 3 aromatic rings. The standard InChI is InChI=1S/C19H22N4OS/c1-13-4-6-15(7-5-13)23-19-16(14(2)20-23)12-17(25-19)18(24)22-10-8-21(3)9-11-22/h4-7,12H,8-11H2,1-3H3. The fourth-order valence-electron chi connectivity index (χ4n) is 3.18. The van der Waals surface area contributed by atoms with E-state index in [1.54, 1.807) is 11.3 Å². The van der Waals surface area contributed by atoms with Crippen LogP contribution in [0.3, 0.4) is 0 Å². The molecule has 2 aromatic heterocycles. The van der Waals surface area contributed by atoms with Gasteiger partial charge in [0.2, 0.25) is 0 Å². The molecule has 25 heavy (non-hydrogen) atoms. The number of fused-ring (bicyclic) bond motifs is 1. The van der Waals surface area contributed by atoms with Gasteiger partial charge in [-0.2, -0.15) is 5.10 Å². The van der Waals surface area contributed by atoms with Gasteiger partial charge in [-0.25, -0.2) is 4.68 Å². The van der Waals surface area contributed by atoms with Crippen molar-refractivity contribution in [2.75, 3.05) is 33.2 Å². The van der Waals surface area contributed by atoms with Crippen LogP contribution in [-0.4, -0.2) is 58.7 Å². The number of benzene rings is 1. The van der Waals surface area contributed by atoms with Crippen LogP contribution in [0.4, 0.5) is 0 Å². The summed E-state index contributed by atoms with van der Waals surface area (Å²) < 4.78 is 1.95. The minimum atomic E-state index is 0.143. The normalized spacial score (nSPS) is 15.9. The summed E-state index contributed by atoms with van der Waals surface area (Å²) in [7, 11) is 2.10. The van der Waals surface area contributed by atoms with Crippen molar-refractivity contribution in [2.24, 2.45) is 0 Å². The van der Waals surface area contributed by atoms with E-state index in [9.17, 15) is 4.79 Å². The first kappa shape index (κ1) is 16.3. The second kappa shape index (κ2) is 6.28. The van der Waals surface area contributed by atoms with E-state index < -0.39 is 0 Å². The van der Waals surface area contributed by atoms with Crippen molar-refractivity contribution in [2.45, 2.75) is 13.8 Å². The third kappa shape index (κ3) is 2.96. The molecule has 0 N–H and O–H groups in total. The van der Waals surface area contributed by atoms with Gasteiger partial charge in [0.05, 0.1) is 16.3 Å². The molecule has 0 spiro atoms. The van der Waals surface area contributed by atoms with Crippen molar-refractivity contribution in [1.82, 2.24) is 19.6 Å².